The van der Waals surface area contributed by atoms with E-state index in [0.717, 1.165) is 54.9 Å². The Hall–Kier alpha value is -4.07. The van der Waals surface area contributed by atoms with Crippen LogP contribution >= 0.6 is 0 Å². The number of hydrogen-bond donors (Lipinski definition) is 1. The van der Waals surface area contributed by atoms with Crippen LogP contribution in [0.5, 0.6) is 5.75 Å². The molecule has 1 unspecified atom stereocenters. The summed E-state index contributed by atoms with van der Waals surface area (Å²) in [5.74, 6) is -0.214. The molecule has 0 fully saturated rings. The number of carboxylic acid groups (broad SMARTS) is 1. The van der Waals surface area contributed by atoms with Crippen molar-refractivity contribution in [3.63, 3.8) is 0 Å². The molecule has 3 aromatic carbocycles. The summed E-state index contributed by atoms with van der Waals surface area (Å²) in [4.78, 5) is 17.1. The number of allylic oxidation sites excluding steroid dienone is 2. The first-order valence-corrected chi connectivity index (χ1v) is 13.1. The van der Waals surface area contributed by atoms with E-state index in [1.165, 1.54) is 0 Å². The van der Waals surface area contributed by atoms with Crippen LogP contribution < -0.4 is 4.74 Å². The number of pyridine rings is 1. The van der Waals surface area contributed by atoms with Crippen LogP contribution in [0.2, 0.25) is 0 Å². The molecule has 0 bridgehead atoms. The molecule has 1 atom stereocenters. The highest BCUT2D eigenvalue weighted by molar-refractivity contribution is 7.84. The predicted octanol–water partition coefficient (Wildman–Crippen LogP) is 5.53. The van der Waals surface area contributed by atoms with Gasteiger partial charge >= 0.3 is 5.97 Å². The maximum Gasteiger partial charge on any atom is 0.307 e. The van der Waals surface area contributed by atoms with Gasteiger partial charge in [0.05, 0.1) is 17.6 Å². The van der Waals surface area contributed by atoms with Crippen LogP contribution in [-0.4, -0.2) is 32.0 Å². The van der Waals surface area contributed by atoms with E-state index in [1.54, 1.807) is 6.26 Å². The minimum absolute atomic E-state index is 0. The van der Waals surface area contributed by atoms with Gasteiger partial charge in [0.1, 0.15) is 12.4 Å². The molecular formula is C30H27NO5S. The largest absolute Gasteiger partial charge is 0.487 e. The Bertz CT molecular complexity index is 1570. The predicted molar refractivity (Wildman–Crippen MR) is 148 cm³/mol. The SMILES string of the molecule is CC1=C(CC(=O)O)c2cc(OCc3ccc4ccccc4n3)ccc2C1=Cc1ccc(S(C)=O)cc1.O. The van der Waals surface area contributed by atoms with Crippen molar-refractivity contribution in [1.82, 2.24) is 4.98 Å². The summed E-state index contributed by atoms with van der Waals surface area (Å²) in [6.07, 6.45) is 3.63. The van der Waals surface area contributed by atoms with Crippen molar-refractivity contribution in [3.8, 4) is 5.75 Å². The highest BCUT2D eigenvalue weighted by atomic mass is 32.2. The maximum atomic E-state index is 11.7. The number of hydrogen-bond acceptors (Lipinski definition) is 4. The second-order valence-electron chi connectivity index (χ2n) is 8.75. The van der Waals surface area contributed by atoms with Gasteiger partial charge in [-0.3, -0.25) is 9.00 Å². The van der Waals surface area contributed by atoms with Crippen LogP contribution in [0.3, 0.4) is 0 Å². The minimum Gasteiger partial charge on any atom is -0.487 e. The van der Waals surface area contributed by atoms with E-state index in [0.29, 0.717) is 12.4 Å². The van der Waals surface area contributed by atoms with E-state index in [2.05, 4.69) is 4.98 Å². The van der Waals surface area contributed by atoms with Crippen molar-refractivity contribution in [2.45, 2.75) is 24.8 Å². The highest BCUT2D eigenvalue weighted by Crippen LogP contribution is 2.45. The molecule has 0 saturated heterocycles. The third-order valence-electron chi connectivity index (χ3n) is 6.36. The number of aromatic nitrogens is 1. The zero-order chi connectivity index (χ0) is 25.2. The van der Waals surface area contributed by atoms with Crippen LogP contribution in [0.4, 0.5) is 0 Å². The van der Waals surface area contributed by atoms with Crippen LogP contribution in [0, 0.1) is 0 Å². The van der Waals surface area contributed by atoms with Gasteiger partial charge in [-0.05, 0) is 82.8 Å². The molecule has 37 heavy (non-hydrogen) atoms. The average molecular weight is 514 g/mol. The van der Waals surface area contributed by atoms with Gasteiger partial charge in [0.15, 0.2) is 0 Å². The van der Waals surface area contributed by atoms with Crippen molar-refractivity contribution in [2.24, 2.45) is 0 Å². The number of benzene rings is 3. The molecule has 1 aliphatic rings. The topological polar surface area (TPSA) is 108 Å². The molecule has 0 spiro atoms. The van der Waals surface area contributed by atoms with Crippen molar-refractivity contribution in [1.29, 1.82) is 0 Å². The third-order valence-corrected chi connectivity index (χ3v) is 7.29. The Kier molecular flexibility index (Phi) is 7.66. The molecule has 7 heteroatoms. The number of nitrogens with zero attached hydrogens (tertiary/aromatic N) is 1. The number of para-hydroxylation sites is 1. The van der Waals surface area contributed by atoms with Crippen molar-refractivity contribution in [3.05, 3.63) is 107 Å². The molecule has 0 saturated carbocycles. The number of carbonyl (C=O) groups is 1. The first-order chi connectivity index (χ1) is 17.4. The summed E-state index contributed by atoms with van der Waals surface area (Å²) in [6.45, 7) is 2.27. The van der Waals surface area contributed by atoms with Crippen molar-refractivity contribution < 1.29 is 24.3 Å². The molecule has 1 heterocycles. The Balaban J connectivity index is 0.00000320. The van der Waals surface area contributed by atoms with E-state index >= 15 is 0 Å². The number of rotatable bonds is 7. The van der Waals surface area contributed by atoms with E-state index in [4.69, 9.17) is 4.74 Å². The summed E-state index contributed by atoms with van der Waals surface area (Å²) in [6, 6.07) is 25.3. The van der Waals surface area contributed by atoms with E-state index in [9.17, 15) is 14.1 Å². The van der Waals surface area contributed by atoms with Crippen molar-refractivity contribution in [2.75, 3.05) is 6.26 Å². The first kappa shape index (κ1) is 26.0. The summed E-state index contributed by atoms with van der Waals surface area (Å²) >= 11 is 0. The Morgan fingerprint density at radius 1 is 1.00 bits per heavy atom. The maximum absolute atomic E-state index is 11.7. The summed E-state index contributed by atoms with van der Waals surface area (Å²) in [7, 11) is -1.04. The Morgan fingerprint density at radius 3 is 2.49 bits per heavy atom. The fourth-order valence-corrected chi connectivity index (χ4v) is 5.02. The number of carboxylic acids is 1. The second-order valence-corrected chi connectivity index (χ2v) is 10.1. The zero-order valence-corrected chi connectivity index (χ0v) is 21.3. The Labute approximate surface area is 217 Å². The molecule has 0 aliphatic heterocycles. The van der Waals surface area contributed by atoms with Gasteiger partial charge in [-0.15, -0.1) is 0 Å². The highest BCUT2D eigenvalue weighted by Gasteiger charge is 2.25. The van der Waals surface area contributed by atoms with Gasteiger partial charge in [0.2, 0.25) is 0 Å². The molecule has 1 aromatic heterocycles. The third kappa shape index (κ3) is 5.53. The van der Waals surface area contributed by atoms with Gasteiger partial charge in [-0.1, -0.05) is 42.5 Å². The van der Waals surface area contributed by atoms with Crippen LogP contribution in [-0.2, 0) is 22.2 Å². The quantitative estimate of drug-likeness (QED) is 0.350. The molecule has 5 rings (SSSR count). The monoisotopic (exact) mass is 513 g/mol. The molecule has 3 N–H and O–H groups in total. The van der Waals surface area contributed by atoms with E-state index in [-0.39, 0.29) is 11.9 Å². The summed E-state index contributed by atoms with van der Waals surface area (Å²) in [5.41, 5.74) is 7.25. The van der Waals surface area contributed by atoms with Gasteiger partial charge in [0, 0.05) is 27.3 Å². The number of aliphatic carboxylic acids is 1. The summed E-state index contributed by atoms with van der Waals surface area (Å²) in [5, 5.41) is 10.6. The number of fused-ring (bicyclic) bond motifs is 2. The lowest BCUT2D eigenvalue weighted by Crippen LogP contribution is -2.00. The van der Waals surface area contributed by atoms with Gasteiger partial charge in [0.25, 0.3) is 0 Å². The zero-order valence-electron chi connectivity index (χ0n) is 20.5. The molecule has 0 amide bonds. The normalized spacial score (nSPS) is 14.4. The van der Waals surface area contributed by atoms with Gasteiger partial charge < -0.3 is 15.3 Å². The van der Waals surface area contributed by atoms with Crippen LogP contribution in [0.1, 0.15) is 35.7 Å². The standard InChI is InChI=1S/C30H25NO4S.H2O/c1-19-26(15-20-7-12-24(13-8-20)36(2)34)25-14-11-23(16-28(25)27(19)17-30(32)33)35-18-22-10-9-21-5-3-4-6-29(21)31-22;/h3-16H,17-18H2,1-2H3,(H,32,33);1H2. The second kappa shape index (κ2) is 10.9. The first-order valence-electron chi connectivity index (χ1n) is 11.6. The lowest BCUT2D eigenvalue weighted by atomic mass is 10.0. The molecule has 0 radical (unpaired) electrons. The Morgan fingerprint density at radius 2 is 1.76 bits per heavy atom. The van der Waals surface area contributed by atoms with Crippen molar-refractivity contribution >= 4 is 44.9 Å². The molecular weight excluding hydrogens is 486 g/mol. The lowest BCUT2D eigenvalue weighted by molar-refractivity contribution is -0.135. The number of ether oxygens (including phenoxy) is 1. The van der Waals surface area contributed by atoms with Gasteiger partial charge in [-0.25, -0.2) is 4.98 Å². The molecule has 4 aromatic rings. The lowest BCUT2D eigenvalue weighted by Gasteiger charge is -2.10. The molecule has 1 aliphatic carbocycles. The smallest absolute Gasteiger partial charge is 0.307 e. The average Bonchev–Trinajstić information content (AvgIpc) is 3.12. The van der Waals surface area contributed by atoms with Crippen LogP contribution in [0.25, 0.3) is 28.1 Å². The minimum atomic E-state index is -1.04. The molecule has 6 nitrogen and oxygen atoms in total. The fraction of sp³-hybridized carbons (Fsp3) is 0.133. The van der Waals surface area contributed by atoms with E-state index in [1.807, 2.05) is 91.9 Å². The van der Waals surface area contributed by atoms with Crippen LogP contribution in [0.15, 0.2) is 89.3 Å². The summed E-state index contributed by atoms with van der Waals surface area (Å²) < 4.78 is 17.8. The fourth-order valence-electron chi connectivity index (χ4n) is 4.50. The van der Waals surface area contributed by atoms with E-state index < -0.39 is 16.8 Å². The molecule has 188 valence electrons. The van der Waals surface area contributed by atoms with Gasteiger partial charge in [-0.2, -0.15) is 0 Å².